The maximum atomic E-state index is 10.4. The van der Waals surface area contributed by atoms with Crippen LogP contribution >= 0.6 is 0 Å². The second kappa shape index (κ2) is 9.91. The number of phenolic OH excluding ortho intramolecular Hbond substituents is 3. The first-order valence-electron chi connectivity index (χ1n) is 11.9. The summed E-state index contributed by atoms with van der Waals surface area (Å²) in [6, 6.07) is 12.6. The lowest BCUT2D eigenvalue weighted by Gasteiger charge is -2.27. The average molecular weight is 447 g/mol. The van der Waals surface area contributed by atoms with E-state index in [0.717, 1.165) is 52.6 Å². The Morgan fingerprint density at radius 2 is 0.848 bits per heavy atom. The van der Waals surface area contributed by atoms with Crippen molar-refractivity contribution in [3.8, 4) is 17.2 Å². The van der Waals surface area contributed by atoms with Crippen molar-refractivity contribution in [1.29, 1.82) is 0 Å². The summed E-state index contributed by atoms with van der Waals surface area (Å²) in [4.78, 5) is 0. The number of hydrogen-bond acceptors (Lipinski definition) is 3. The van der Waals surface area contributed by atoms with Crippen molar-refractivity contribution in [2.45, 2.75) is 79.6 Å². The van der Waals surface area contributed by atoms with Gasteiger partial charge in [0, 0.05) is 5.92 Å². The predicted molar refractivity (Wildman–Crippen MR) is 137 cm³/mol. The van der Waals surface area contributed by atoms with Crippen LogP contribution in [0, 0.1) is 41.5 Å². The molecule has 0 amide bonds. The highest BCUT2D eigenvalue weighted by Gasteiger charge is 2.24. The molecule has 3 aromatic rings. The topological polar surface area (TPSA) is 60.7 Å². The van der Waals surface area contributed by atoms with Crippen LogP contribution in [0.2, 0.25) is 0 Å². The highest BCUT2D eigenvalue weighted by Crippen LogP contribution is 2.42. The first kappa shape index (κ1) is 24.7. The number of benzene rings is 3. The van der Waals surface area contributed by atoms with Crippen LogP contribution < -0.4 is 0 Å². The number of phenols is 3. The quantitative estimate of drug-likeness (QED) is 0.347. The molecule has 33 heavy (non-hydrogen) atoms. The van der Waals surface area contributed by atoms with Gasteiger partial charge < -0.3 is 15.3 Å². The van der Waals surface area contributed by atoms with Gasteiger partial charge in [-0.15, -0.1) is 0 Å². The zero-order chi connectivity index (χ0) is 24.4. The predicted octanol–water partition coefficient (Wildman–Crippen LogP) is 7.76. The smallest absolute Gasteiger partial charge is 0.121 e. The minimum absolute atomic E-state index is 0.118. The molecule has 0 aliphatic rings. The van der Waals surface area contributed by atoms with Crippen molar-refractivity contribution in [3.05, 3.63) is 86.5 Å². The second-order valence-electron chi connectivity index (χ2n) is 9.78. The Morgan fingerprint density at radius 3 is 1.15 bits per heavy atom. The van der Waals surface area contributed by atoms with Gasteiger partial charge in [0.25, 0.3) is 0 Å². The molecule has 3 N–H and O–H groups in total. The average Bonchev–Trinajstić information content (AvgIpc) is 2.76. The number of aromatic hydroxyl groups is 3. The van der Waals surface area contributed by atoms with Gasteiger partial charge in [-0.25, -0.2) is 0 Å². The first-order valence-corrected chi connectivity index (χ1v) is 11.9. The number of aryl methyl sites for hydroxylation is 6. The molecule has 0 aliphatic carbocycles. The summed E-state index contributed by atoms with van der Waals surface area (Å²) >= 11 is 0. The highest BCUT2D eigenvalue weighted by atomic mass is 16.3. The molecular weight excluding hydrogens is 408 g/mol. The third kappa shape index (κ3) is 5.19. The summed E-state index contributed by atoms with van der Waals surface area (Å²) in [5.41, 5.74) is 8.97. The minimum atomic E-state index is 0.118. The number of rotatable bonds is 7. The van der Waals surface area contributed by atoms with Crippen molar-refractivity contribution in [2.24, 2.45) is 0 Å². The molecule has 0 heterocycles. The third-order valence-corrected chi connectivity index (χ3v) is 6.97. The molecule has 0 fully saturated rings. The van der Waals surface area contributed by atoms with E-state index in [4.69, 9.17) is 0 Å². The second-order valence-corrected chi connectivity index (χ2v) is 9.78. The van der Waals surface area contributed by atoms with E-state index in [2.05, 4.69) is 43.3 Å². The van der Waals surface area contributed by atoms with E-state index in [9.17, 15) is 15.3 Å². The minimum Gasteiger partial charge on any atom is -0.507 e. The zero-order valence-electron chi connectivity index (χ0n) is 21.1. The summed E-state index contributed by atoms with van der Waals surface area (Å²) in [6.45, 7) is 13.9. The molecule has 176 valence electrons. The summed E-state index contributed by atoms with van der Waals surface area (Å²) in [7, 11) is 0. The molecule has 3 aromatic carbocycles. The summed E-state index contributed by atoms with van der Waals surface area (Å²) in [5.74, 6) is 1.52. The molecule has 3 nitrogen and oxygen atoms in total. The molecule has 0 aliphatic heterocycles. The van der Waals surface area contributed by atoms with Crippen LogP contribution in [0.4, 0.5) is 0 Å². The van der Waals surface area contributed by atoms with E-state index in [1.165, 1.54) is 16.7 Å². The van der Waals surface area contributed by atoms with Crippen LogP contribution in [0.25, 0.3) is 0 Å². The van der Waals surface area contributed by atoms with E-state index in [1.54, 1.807) is 0 Å². The summed E-state index contributed by atoms with van der Waals surface area (Å²) in [5, 5.41) is 31.1. The third-order valence-electron chi connectivity index (χ3n) is 6.97. The first-order chi connectivity index (χ1) is 15.5. The Morgan fingerprint density at radius 1 is 0.545 bits per heavy atom. The molecule has 3 heteroatoms. The Bertz CT molecular complexity index is 1030. The molecule has 1 unspecified atom stereocenters. The van der Waals surface area contributed by atoms with Gasteiger partial charge in [-0.1, -0.05) is 49.7 Å². The molecule has 3 rings (SSSR count). The Labute approximate surface area is 198 Å². The molecule has 1 atom stereocenters. The highest BCUT2D eigenvalue weighted by molar-refractivity contribution is 5.50. The monoisotopic (exact) mass is 446 g/mol. The van der Waals surface area contributed by atoms with Gasteiger partial charge in [-0.05, 0) is 110 Å². The van der Waals surface area contributed by atoms with Gasteiger partial charge in [-0.2, -0.15) is 0 Å². The Kier molecular flexibility index (Phi) is 7.41. The maximum absolute atomic E-state index is 10.4. The van der Waals surface area contributed by atoms with Gasteiger partial charge in [0.2, 0.25) is 0 Å². The van der Waals surface area contributed by atoms with Crippen LogP contribution in [0.15, 0.2) is 36.4 Å². The fourth-order valence-electron chi connectivity index (χ4n) is 5.12. The lowest BCUT2D eigenvalue weighted by molar-refractivity contribution is 0.464. The standard InChI is InChI=1S/C30H38O3/c1-8-9-23(24-10-17(2)28(31)18(3)11-24)16-27(25-12-19(4)29(32)20(5)13-25)26-14-21(6)30(33)22(7)15-26/h10-15,23,27,31-33H,8-9,16H2,1-7H3. The molecule has 0 saturated heterocycles. The molecule has 0 aromatic heterocycles. The lowest BCUT2D eigenvalue weighted by Crippen LogP contribution is -2.10. The van der Waals surface area contributed by atoms with Gasteiger partial charge in [0.15, 0.2) is 0 Å². The normalized spacial score (nSPS) is 12.4. The van der Waals surface area contributed by atoms with Crippen molar-refractivity contribution < 1.29 is 15.3 Å². The number of hydrogen-bond donors (Lipinski definition) is 3. The van der Waals surface area contributed by atoms with E-state index >= 15 is 0 Å². The van der Waals surface area contributed by atoms with E-state index in [1.807, 2.05) is 41.5 Å². The molecule has 0 saturated carbocycles. The summed E-state index contributed by atoms with van der Waals surface area (Å²) in [6.07, 6.45) is 3.02. The van der Waals surface area contributed by atoms with Crippen LogP contribution in [-0.2, 0) is 0 Å². The molecule has 0 spiro atoms. The SMILES string of the molecule is CCCC(CC(c1cc(C)c(O)c(C)c1)c1cc(C)c(O)c(C)c1)c1cc(C)c(O)c(C)c1. The lowest BCUT2D eigenvalue weighted by atomic mass is 9.77. The van der Waals surface area contributed by atoms with Gasteiger partial charge in [0.05, 0.1) is 0 Å². The van der Waals surface area contributed by atoms with Crippen molar-refractivity contribution in [3.63, 3.8) is 0 Å². The largest absolute Gasteiger partial charge is 0.507 e. The summed E-state index contributed by atoms with van der Waals surface area (Å²) < 4.78 is 0. The van der Waals surface area contributed by atoms with Crippen LogP contribution in [0.3, 0.4) is 0 Å². The van der Waals surface area contributed by atoms with E-state index < -0.39 is 0 Å². The van der Waals surface area contributed by atoms with Crippen molar-refractivity contribution in [2.75, 3.05) is 0 Å². The molecule has 0 bridgehead atoms. The van der Waals surface area contributed by atoms with Gasteiger partial charge >= 0.3 is 0 Å². The van der Waals surface area contributed by atoms with E-state index in [0.29, 0.717) is 23.2 Å². The Balaban J connectivity index is 2.16. The zero-order valence-corrected chi connectivity index (χ0v) is 21.1. The van der Waals surface area contributed by atoms with Crippen LogP contribution in [-0.4, -0.2) is 15.3 Å². The fourth-order valence-corrected chi connectivity index (χ4v) is 5.12. The van der Waals surface area contributed by atoms with Crippen molar-refractivity contribution in [1.82, 2.24) is 0 Å². The van der Waals surface area contributed by atoms with Crippen LogP contribution in [0.5, 0.6) is 17.2 Å². The molecular formula is C30H38O3. The van der Waals surface area contributed by atoms with Crippen molar-refractivity contribution >= 4 is 0 Å². The molecule has 0 radical (unpaired) electrons. The van der Waals surface area contributed by atoms with Crippen LogP contribution in [0.1, 0.15) is 88.1 Å². The Hall–Kier alpha value is -2.94. The van der Waals surface area contributed by atoms with Gasteiger partial charge in [-0.3, -0.25) is 0 Å². The fraction of sp³-hybridized carbons (Fsp3) is 0.400. The van der Waals surface area contributed by atoms with Gasteiger partial charge in [0.1, 0.15) is 17.2 Å². The maximum Gasteiger partial charge on any atom is 0.121 e. The van der Waals surface area contributed by atoms with E-state index in [-0.39, 0.29) is 5.92 Å².